The van der Waals surface area contributed by atoms with Crippen molar-refractivity contribution in [1.29, 1.82) is 0 Å². The van der Waals surface area contributed by atoms with Crippen molar-refractivity contribution < 1.29 is 25.2 Å². The normalized spacial score (nSPS) is 10.9. The molecule has 6 nitrogen and oxygen atoms in total. The van der Waals surface area contributed by atoms with E-state index in [2.05, 4.69) is 11.2 Å². The Morgan fingerprint density at radius 2 is 1.65 bits per heavy atom. The second-order valence-corrected chi connectivity index (χ2v) is 4.91. The Labute approximate surface area is 122 Å². The molecule has 0 radical (unpaired) electrons. The van der Waals surface area contributed by atoms with Gasteiger partial charge in [-0.3, -0.25) is 0 Å². The molecule has 1 amide bonds. The summed E-state index contributed by atoms with van der Waals surface area (Å²) in [6.45, 7) is 8.46. The van der Waals surface area contributed by atoms with Gasteiger partial charge in [0, 0.05) is 7.97 Å². The molecule has 0 atom stereocenters. The Bertz CT molecular complexity index is 299. The van der Waals surface area contributed by atoms with Crippen LogP contribution in [0.25, 0.3) is 0 Å². The van der Waals surface area contributed by atoms with Crippen LogP contribution in [-0.4, -0.2) is 57.9 Å². The summed E-state index contributed by atoms with van der Waals surface area (Å²) >= 11 is 0. The van der Waals surface area contributed by atoms with Crippen LogP contribution in [0.3, 0.4) is 0 Å². The first kappa shape index (κ1) is 18.7. The van der Waals surface area contributed by atoms with Crippen molar-refractivity contribution in [3.05, 3.63) is 0 Å². The fourth-order valence-corrected chi connectivity index (χ4v) is 1.11. The molecule has 0 aliphatic carbocycles. The van der Waals surface area contributed by atoms with Crippen LogP contribution in [0.1, 0.15) is 22.2 Å². The minimum Gasteiger partial charge on any atom is -0.444 e. The van der Waals surface area contributed by atoms with Gasteiger partial charge in [0.05, 0.1) is 33.0 Å². The maximum Gasteiger partial charge on any atom is 0.407 e. The number of hydrogen-bond donors (Lipinski definition) is 1. The Balaban J connectivity index is 0. The molecule has 20 heavy (non-hydrogen) atoms. The molecule has 0 bridgehead atoms. The number of alkyl carbamates (subject to hydrolysis) is 1. The largest absolute Gasteiger partial charge is 0.444 e. The summed E-state index contributed by atoms with van der Waals surface area (Å²) in [7, 11) is 0. The predicted octanol–water partition coefficient (Wildman–Crippen LogP) is 1.44. The highest BCUT2D eigenvalue weighted by Crippen LogP contribution is 2.05. The molecule has 0 heterocycles. The molecule has 0 spiro atoms. The third kappa shape index (κ3) is 14.8. The van der Waals surface area contributed by atoms with Gasteiger partial charge in [0.1, 0.15) is 12.2 Å². The molecule has 0 rings (SSSR count). The number of hydrogen-bond acceptors (Lipinski definition) is 5. The fraction of sp³-hybridized carbons (Fsp3) is 0.786. The second-order valence-electron chi connectivity index (χ2n) is 4.91. The van der Waals surface area contributed by atoms with Crippen LogP contribution in [0.15, 0.2) is 0 Å². The van der Waals surface area contributed by atoms with Gasteiger partial charge in [0.15, 0.2) is 0 Å². The van der Waals surface area contributed by atoms with Gasteiger partial charge >= 0.3 is 6.09 Å². The maximum absolute atomic E-state index is 11.3. The van der Waals surface area contributed by atoms with E-state index >= 15 is 0 Å². The Kier molecular flexibility index (Phi) is 10.8. The molecule has 1 N–H and O–H groups in total. The molecule has 0 saturated heterocycles. The van der Waals surface area contributed by atoms with Crippen LogP contribution in [0.4, 0.5) is 4.79 Å². The number of nitrogens with one attached hydrogen (secondary N) is 1. The second kappa shape index (κ2) is 11.5. The third-order valence-electron chi connectivity index (χ3n) is 1.84. The van der Waals surface area contributed by atoms with Gasteiger partial charge in [-0.1, -0.05) is 5.92 Å². The fourth-order valence-electron chi connectivity index (χ4n) is 1.11. The SMILES string of the molecule is C#CCOCCOCCOCCNC(=O)OC(C)(C)C.[HH]. The molecule has 0 fully saturated rings. The number of ether oxygens (including phenoxy) is 4. The Hall–Kier alpha value is -1.29. The molecule has 0 aromatic rings. The van der Waals surface area contributed by atoms with Crippen molar-refractivity contribution in [2.24, 2.45) is 0 Å². The molecule has 0 aromatic carbocycles. The van der Waals surface area contributed by atoms with Gasteiger partial charge in [-0.15, -0.1) is 6.42 Å². The summed E-state index contributed by atoms with van der Waals surface area (Å²) < 4.78 is 20.6. The summed E-state index contributed by atoms with van der Waals surface area (Å²) in [5.41, 5.74) is -0.486. The zero-order valence-corrected chi connectivity index (χ0v) is 12.6. The van der Waals surface area contributed by atoms with Gasteiger partial charge in [0.2, 0.25) is 0 Å². The van der Waals surface area contributed by atoms with Crippen LogP contribution >= 0.6 is 0 Å². The van der Waals surface area contributed by atoms with Crippen LogP contribution in [0.2, 0.25) is 0 Å². The number of carbonyl (C=O) groups is 1. The molecule has 118 valence electrons. The summed E-state index contributed by atoms with van der Waals surface area (Å²) in [6.07, 6.45) is 4.58. The first-order valence-corrected chi connectivity index (χ1v) is 6.59. The predicted molar refractivity (Wildman–Crippen MR) is 77.6 cm³/mol. The van der Waals surface area contributed by atoms with E-state index < -0.39 is 11.7 Å². The van der Waals surface area contributed by atoms with Gasteiger partial charge in [0.25, 0.3) is 0 Å². The lowest BCUT2D eigenvalue weighted by atomic mass is 10.2. The van der Waals surface area contributed by atoms with E-state index in [1.165, 1.54) is 0 Å². The summed E-state index contributed by atoms with van der Waals surface area (Å²) in [5, 5.41) is 2.60. The minimum absolute atomic E-state index is 0. The van der Waals surface area contributed by atoms with Gasteiger partial charge in [-0.05, 0) is 20.8 Å². The van der Waals surface area contributed by atoms with Crippen LogP contribution in [0, 0.1) is 12.3 Å². The topological polar surface area (TPSA) is 66.0 Å². The number of amides is 1. The average Bonchev–Trinajstić information content (AvgIpc) is 2.34. The summed E-state index contributed by atoms with van der Waals surface area (Å²) in [6, 6.07) is 0. The van der Waals surface area contributed by atoms with E-state index in [0.717, 1.165) is 0 Å². The lowest BCUT2D eigenvalue weighted by molar-refractivity contribution is 0.0193. The Morgan fingerprint density at radius 1 is 1.10 bits per heavy atom. The number of rotatable bonds is 10. The van der Waals surface area contributed by atoms with Crippen molar-refractivity contribution >= 4 is 6.09 Å². The third-order valence-corrected chi connectivity index (χ3v) is 1.84. The quantitative estimate of drug-likeness (QED) is 0.487. The number of terminal acetylenes is 1. The molecule has 0 saturated carbocycles. The molecule has 6 heteroatoms. The molecule has 0 aliphatic rings. The van der Waals surface area contributed by atoms with Crippen molar-refractivity contribution in [1.82, 2.24) is 5.32 Å². The zero-order chi connectivity index (χ0) is 15.3. The zero-order valence-electron chi connectivity index (χ0n) is 12.6. The first-order chi connectivity index (χ1) is 9.45. The summed E-state index contributed by atoms with van der Waals surface area (Å²) in [4.78, 5) is 11.3. The van der Waals surface area contributed by atoms with E-state index in [-0.39, 0.29) is 1.43 Å². The molecule has 0 unspecified atom stereocenters. The van der Waals surface area contributed by atoms with Gasteiger partial charge in [-0.2, -0.15) is 0 Å². The monoisotopic (exact) mass is 289 g/mol. The smallest absolute Gasteiger partial charge is 0.407 e. The van der Waals surface area contributed by atoms with Crippen molar-refractivity contribution in [2.45, 2.75) is 26.4 Å². The van der Waals surface area contributed by atoms with Gasteiger partial charge in [-0.25, -0.2) is 4.79 Å². The molecular formula is C14H27NO5. The van der Waals surface area contributed by atoms with E-state index in [1.807, 2.05) is 20.8 Å². The maximum atomic E-state index is 11.3. The van der Waals surface area contributed by atoms with Crippen LogP contribution in [0.5, 0.6) is 0 Å². The standard InChI is InChI=1S/C14H25NO5.H2/c1-5-7-17-9-11-19-12-10-18-8-6-15-13(16)20-14(2,3)4;/h1H,6-12H2,2-4H3,(H,15,16);1H. The lowest BCUT2D eigenvalue weighted by Crippen LogP contribution is -2.34. The lowest BCUT2D eigenvalue weighted by Gasteiger charge is -2.19. The highest BCUT2D eigenvalue weighted by molar-refractivity contribution is 5.67. The van der Waals surface area contributed by atoms with E-state index in [4.69, 9.17) is 25.4 Å². The van der Waals surface area contributed by atoms with E-state index in [1.54, 1.807) is 0 Å². The summed E-state index contributed by atoms with van der Waals surface area (Å²) in [5.74, 6) is 2.37. The molecule has 0 aliphatic heterocycles. The van der Waals surface area contributed by atoms with Crippen LogP contribution < -0.4 is 5.32 Å². The molecule has 0 aromatic heterocycles. The highest BCUT2D eigenvalue weighted by Gasteiger charge is 2.15. The minimum atomic E-state index is -0.486. The average molecular weight is 289 g/mol. The van der Waals surface area contributed by atoms with Crippen molar-refractivity contribution in [2.75, 3.05) is 46.2 Å². The molecular weight excluding hydrogens is 262 g/mol. The van der Waals surface area contributed by atoms with Crippen molar-refractivity contribution in [3.63, 3.8) is 0 Å². The van der Waals surface area contributed by atoms with Gasteiger partial charge < -0.3 is 24.3 Å². The van der Waals surface area contributed by atoms with E-state index in [9.17, 15) is 4.79 Å². The Morgan fingerprint density at radius 3 is 2.20 bits per heavy atom. The highest BCUT2D eigenvalue weighted by atomic mass is 16.6. The van der Waals surface area contributed by atoms with E-state index in [0.29, 0.717) is 46.2 Å². The van der Waals surface area contributed by atoms with Crippen LogP contribution in [-0.2, 0) is 18.9 Å². The number of carbonyl (C=O) groups excluding carboxylic acids is 1. The van der Waals surface area contributed by atoms with Crippen molar-refractivity contribution in [3.8, 4) is 12.3 Å². The first-order valence-electron chi connectivity index (χ1n) is 6.59.